The molecule has 5 heteroatoms. The molecule has 1 fully saturated rings. The molecule has 1 aromatic rings. The van der Waals surface area contributed by atoms with Crippen molar-refractivity contribution in [1.29, 1.82) is 0 Å². The summed E-state index contributed by atoms with van der Waals surface area (Å²) in [6.45, 7) is 3.83. The first-order valence-electron chi connectivity index (χ1n) is 6.75. The number of aromatic nitrogens is 1. The molecule has 0 aliphatic carbocycles. The summed E-state index contributed by atoms with van der Waals surface area (Å²) < 4.78 is 22.8. The zero-order valence-electron chi connectivity index (χ0n) is 11.7. The molecule has 0 amide bonds. The molecule has 1 atom stereocenters. The average molecular weight is 282 g/mol. The zero-order chi connectivity index (χ0) is 13.9. The van der Waals surface area contributed by atoms with E-state index in [9.17, 15) is 8.42 Å². The minimum absolute atomic E-state index is 0.353. The molecule has 0 saturated carbocycles. The maximum Gasteiger partial charge on any atom is 0.150 e. The van der Waals surface area contributed by atoms with Crippen LogP contribution < -0.4 is 0 Å². The molecular formula is C14H22N2O2S. The first kappa shape index (κ1) is 14.5. The Morgan fingerprint density at radius 1 is 1.47 bits per heavy atom. The molecular weight excluding hydrogens is 260 g/mol. The number of sulfone groups is 1. The van der Waals surface area contributed by atoms with E-state index in [2.05, 4.69) is 23.0 Å². The van der Waals surface area contributed by atoms with Gasteiger partial charge in [-0.25, -0.2) is 8.42 Å². The number of hydrogen-bond acceptors (Lipinski definition) is 4. The minimum atomic E-state index is -2.73. The van der Waals surface area contributed by atoms with Crippen LogP contribution in [0.25, 0.3) is 0 Å². The van der Waals surface area contributed by atoms with Crippen molar-refractivity contribution in [2.45, 2.75) is 26.3 Å². The molecule has 4 nitrogen and oxygen atoms in total. The molecule has 0 N–H and O–H groups in total. The van der Waals surface area contributed by atoms with Crippen LogP contribution in [0.4, 0.5) is 0 Å². The van der Waals surface area contributed by atoms with E-state index in [1.807, 2.05) is 19.2 Å². The van der Waals surface area contributed by atoms with Crippen molar-refractivity contribution in [3.8, 4) is 0 Å². The first-order chi connectivity index (χ1) is 8.94. The standard InChI is InChI=1S/C14H22N2O2S/c1-12-9-14(3-6-15-12)10-16(2)7-4-13-5-8-19(17,18)11-13/h3,6,9,13H,4-5,7-8,10-11H2,1-2H3/t13-/m0/s1. The van der Waals surface area contributed by atoms with Gasteiger partial charge >= 0.3 is 0 Å². The molecule has 19 heavy (non-hydrogen) atoms. The molecule has 106 valence electrons. The van der Waals surface area contributed by atoms with E-state index in [0.717, 1.165) is 31.6 Å². The normalized spacial score (nSPS) is 21.9. The van der Waals surface area contributed by atoms with Gasteiger partial charge in [0.25, 0.3) is 0 Å². The van der Waals surface area contributed by atoms with Crippen molar-refractivity contribution in [3.63, 3.8) is 0 Å². The first-order valence-corrected chi connectivity index (χ1v) is 8.57. The highest BCUT2D eigenvalue weighted by Gasteiger charge is 2.27. The number of hydrogen-bond donors (Lipinski definition) is 0. The summed E-state index contributed by atoms with van der Waals surface area (Å²) in [4.78, 5) is 6.44. The molecule has 0 radical (unpaired) electrons. The lowest BCUT2D eigenvalue weighted by Gasteiger charge is -2.18. The van der Waals surface area contributed by atoms with Gasteiger partial charge in [-0.2, -0.15) is 0 Å². The Labute approximate surface area is 115 Å². The molecule has 1 aliphatic rings. The van der Waals surface area contributed by atoms with E-state index in [1.165, 1.54) is 5.56 Å². The molecule has 0 bridgehead atoms. The van der Waals surface area contributed by atoms with Crippen LogP contribution in [-0.4, -0.2) is 43.4 Å². The van der Waals surface area contributed by atoms with E-state index >= 15 is 0 Å². The summed E-state index contributed by atoms with van der Waals surface area (Å²) in [5.41, 5.74) is 2.29. The highest BCUT2D eigenvalue weighted by molar-refractivity contribution is 7.91. The number of aryl methyl sites for hydroxylation is 1. The summed E-state index contributed by atoms with van der Waals surface area (Å²) in [7, 11) is -0.652. The average Bonchev–Trinajstić information content (AvgIpc) is 2.66. The monoisotopic (exact) mass is 282 g/mol. The molecule has 0 unspecified atom stereocenters. The predicted molar refractivity (Wildman–Crippen MR) is 76.7 cm³/mol. The Morgan fingerprint density at radius 3 is 2.89 bits per heavy atom. The summed E-state index contributed by atoms with van der Waals surface area (Å²) in [6.07, 6.45) is 3.65. The van der Waals surface area contributed by atoms with E-state index in [0.29, 0.717) is 17.4 Å². The van der Waals surface area contributed by atoms with Crippen LogP contribution in [0.2, 0.25) is 0 Å². The topological polar surface area (TPSA) is 50.3 Å². The lowest BCUT2D eigenvalue weighted by molar-refractivity contribution is 0.299. The van der Waals surface area contributed by atoms with Gasteiger partial charge in [0.05, 0.1) is 11.5 Å². The Morgan fingerprint density at radius 2 is 2.26 bits per heavy atom. The van der Waals surface area contributed by atoms with Gasteiger partial charge in [0.1, 0.15) is 0 Å². The summed E-state index contributed by atoms with van der Waals surface area (Å²) >= 11 is 0. The van der Waals surface area contributed by atoms with Crippen LogP contribution in [0, 0.1) is 12.8 Å². The Bertz CT molecular complexity index is 528. The van der Waals surface area contributed by atoms with Crippen molar-refractivity contribution in [1.82, 2.24) is 9.88 Å². The van der Waals surface area contributed by atoms with Gasteiger partial charge in [-0.1, -0.05) is 0 Å². The van der Waals surface area contributed by atoms with E-state index < -0.39 is 9.84 Å². The van der Waals surface area contributed by atoms with Crippen molar-refractivity contribution >= 4 is 9.84 Å². The van der Waals surface area contributed by atoms with Gasteiger partial charge < -0.3 is 4.90 Å². The Hall–Kier alpha value is -0.940. The van der Waals surface area contributed by atoms with Gasteiger partial charge in [-0.15, -0.1) is 0 Å². The maximum absolute atomic E-state index is 11.4. The van der Waals surface area contributed by atoms with Crippen LogP contribution in [0.3, 0.4) is 0 Å². The molecule has 2 heterocycles. The summed E-state index contributed by atoms with van der Waals surface area (Å²) in [6, 6.07) is 4.13. The number of nitrogens with zero attached hydrogens (tertiary/aromatic N) is 2. The molecule has 1 saturated heterocycles. The second kappa shape index (κ2) is 6.01. The fraction of sp³-hybridized carbons (Fsp3) is 0.643. The van der Waals surface area contributed by atoms with Crippen LogP contribution in [0.5, 0.6) is 0 Å². The van der Waals surface area contributed by atoms with Crippen LogP contribution >= 0.6 is 0 Å². The summed E-state index contributed by atoms with van der Waals surface area (Å²) in [5, 5.41) is 0. The smallest absolute Gasteiger partial charge is 0.150 e. The Balaban J connectivity index is 1.77. The van der Waals surface area contributed by atoms with E-state index in [-0.39, 0.29) is 0 Å². The molecule has 1 aromatic heterocycles. The molecule has 2 rings (SSSR count). The highest BCUT2D eigenvalue weighted by Crippen LogP contribution is 2.21. The maximum atomic E-state index is 11.4. The highest BCUT2D eigenvalue weighted by atomic mass is 32.2. The van der Waals surface area contributed by atoms with E-state index in [1.54, 1.807) is 0 Å². The lowest BCUT2D eigenvalue weighted by atomic mass is 10.1. The minimum Gasteiger partial charge on any atom is -0.302 e. The SMILES string of the molecule is Cc1cc(CN(C)CC[C@H]2CCS(=O)(=O)C2)ccn1. The zero-order valence-corrected chi connectivity index (χ0v) is 12.5. The third-order valence-electron chi connectivity index (χ3n) is 3.66. The quantitative estimate of drug-likeness (QED) is 0.824. The van der Waals surface area contributed by atoms with Crippen LogP contribution in [-0.2, 0) is 16.4 Å². The molecule has 1 aliphatic heterocycles. The van der Waals surface area contributed by atoms with Gasteiger partial charge in [0.2, 0.25) is 0 Å². The number of pyridine rings is 1. The van der Waals surface area contributed by atoms with Crippen molar-refractivity contribution in [2.75, 3.05) is 25.1 Å². The van der Waals surface area contributed by atoms with Gasteiger partial charge in [-0.05, 0) is 57.0 Å². The largest absolute Gasteiger partial charge is 0.302 e. The van der Waals surface area contributed by atoms with Gasteiger partial charge in [-0.3, -0.25) is 4.98 Å². The van der Waals surface area contributed by atoms with Crippen LogP contribution in [0.1, 0.15) is 24.1 Å². The van der Waals surface area contributed by atoms with Crippen molar-refractivity contribution in [3.05, 3.63) is 29.6 Å². The fourth-order valence-corrected chi connectivity index (χ4v) is 4.51. The van der Waals surface area contributed by atoms with Gasteiger partial charge in [0, 0.05) is 18.4 Å². The Kier molecular flexibility index (Phi) is 4.58. The third-order valence-corrected chi connectivity index (χ3v) is 5.50. The second-order valence-corrected chi connectivity index (χ2v) is 7.83. The predicted octanol–water partition coefficient (Wildman–Crippen LogP) is 1.65. The lowest BCUT2D eigenvalue weighted by Crippen LogP contribution is -2.21. The fourth-order valence-electron chi connectivity index (χ4n) is 2.60. The van der Waals surface area contributed by atoms with Crippen LogP contribution in [0.15, 0.2) is 18.3 Å². The van der Waals surface area contributed by atoms with Crippen molar-refractivity contribution in [2.24, 2.45) is 5.92 Å². The third kappa shape index (κ3) is 4.58. The van der Waals surface area contributed by atoms with Crippen molar-refractivity contribution < 1.29 is 8.42 Å². The van der Waals surface area contributed by atoms with E-state index in [4.69, 9.17) is 0 Å². The second-order valence-electron chi connectivity index (χ2n) is 5.60. The number of rotatable bonds is 5. The molecule has 0 aromatic carbocycles. The summed E-state index contributed by atoms with van der Waals surface area (Å²) in [5.74, 6) is 1.12. The molecule has 0 spiro atoms. The van der Waals surface area contributed by atoms with Gasteiger partial charge in [0.15, 0.2) is 9.84 Å².